The maximum atomic E-state index is 11.9. The number of ether oxygens (including phenoxy) is 1. The van der Waals surface area contributed by atoms with Gasteiger partial charge in [-0.25, -0.2) is 0 Å². The molecule has 1 aliphatic rings. The highest BCUT2D eigenvalue weighted by molar-refractivity contribution is 5.96. The minimum Gasteiger partial charge on any atom is -0.497 e. The van der Waals surface area contributed by atoms with Gasteiger partial charge in [0.2, 0.25) is 0 Å². The van der Waals surface area contributed by atoms with E-state index in [1.165, 1.54) is 0 Å². The van der Waals surface area contributed by atoms with E-state index in [1.807, 2.05) is 17.0 Å². The van der Waals surface area contributed by atoms with E-state index in [2.05, 4.69) is 13.8 Å². The largest absolute Gasteiger partial charge is 0.497 e. The molecule has 0 atom stereocenters. The molecule has 0 aliphatic carbocycles. The molecular formula is C12H15NO2. The van der Waals surface area contributed by atoms with E-state index in [4.69, 9.17) is 4.74 Å². The van der Waals surface area contributed by atoms with Crippen LogP contribution in [0.2, 0.25) is 0 Å². The predicted molar refractivity (Wildman–Crippen MR) is 58.1 cm³/mol. The van der Waals surface area contributed by atoms with Crippen LogP contribution in [0.4, 0.5) is 0 Å². The summed E-state index contributed by atoms with van der Waals surface area (Å²) in [5, 5.41) is 0. The highest BCUT2D eigenvalue weighted by atomic mass is 16.5. The molecule has 80 valence electrons. The Bertz CT molecular complexity index is 381. The second-order valence-electron chi connectivity index (χ2n) is 4.43. The van der Waals surface area contributed by atoms with Gasteiger partial charge >= 0.3 is 0 Å². The van der Waals surface area contributed by atoms with Gasteiger partial charge in [0.05, 0.1) is 12.6 Å². The normalized spacial score (nSPS) is 17.4. The van der Waals surface area contributed by atoms with Crippen molar-refractivity contribution in [2.45, 2.75) is 19.4 Å². The van der Waals surface area contributed by atoms with Crippen molar-refractivity contribution in [3.63, 3.8) is 0 Å². The minimum absolute atomic E-state index is 0.0387. The van der Waals surface area contributed by atoms with Crippen LogP contribution >= 0.6 is 0 Å². The number of benzene rings is 1. The summed E-state index contributed by atoms with van der Waals surface area (Å²) in [7, 11) is 1.62. The summed E-state index contributed by atoms with van der Waals surface area (Å²) in [6, 6.07) is 7.22. The van der Waals surface area contributed by atoms with E-state index in [0.717, 1.165) is 17.9 Å². The number of hydrogen-bond acceptors (Lipinski definition) is 2. The first-order valence-corrected chi connectivity index (χ1v) is 5.00. The lowest BCUT2D eigenvalue weighted by Gasteiger charge is -2.07. The van der Waals surface area contributed by atoms with Crippen LogP contribution in [-0.4, -0.2) is 30.0 Å². The molecule has 0 N–H and O–H groups in total. The third-order valence-electron chi connectivity index (χ3n) is 2.75. The Hall–Kier alpha value is -1.51. The Labute approximate surface area is 89.7 Å². The maximum absolute atomic E-state index is 11.9. The second-order valence-corrected chi connectivity index (χ2v) is 4.43. The molecule has 1 aromatic carbocycles. The van der Waals surface area contributed by atoms with E-state index < -0.39 is 0 Å². The summed E-state index contributed by atoms with van der Waals surface area (Å²) in [4.78, 5) is 13.8. The lowest BCUT2D eigenvalue weighted by Crippen LogP contribution is -2.17. The standard InChI is InChI=1S/C12H15NO2/c1-12(2)8-13(12)11(14)9-4-6-10(15-3)7-5-9/h4-7H,8H2,1-3H3. The van der Waals surface area contributed by atoms with Gasteiger partial charge in [-0.05, 0) is 38.1 Å². The van der Waals surface area contributed by atoms with Gasteiger partial charge in [0.15, 0.2) is 0 Å². The molecule has 2 rings (SSSR count). The van der Waals surface area contributed by atoms with Crippen molar-refractivity contribution >= 4 is 5.91 Å². The quantitative estimate of drug-likeness (QED) is 0.690. The number of rotatable bonds is 2. The fourth-order valence-electron chi connectivity index (χ4n) is 1.59. The number of methoxy groups -OCH3 is 1. The van der Waals surface area contributed by atoms with Crippen LogP contribution in [0.1, 0.15) is 24.2 Å². The first-order valence-electron chi connectivity index (χ1n) is 5.00. The molecule has 0 spiro atoms. The van der Waals surface area contributed by atoms with Crippen LogP contribution in [0.3, 0.4) is 0 Å². The summed E-state index contributed by atoms with van der Waals surface area (Å²) >= 11 is 0. The van der Waals surface area contributed by atoms with Crippen LogP contribution in [0.25, 0.3) is 0 Å². The molecule has 0 bridgehead atoms. The lowest BCUT2D eigenvalue weighted by molar-refractivity contribution is 0.0861. The topological polar surface area (TPSA) is 29.3 Å². The van der Waals surface area contributed by atoms with Crippen molar-refractivity contribution in [2.75, 3.05) is 13.7 Å². The summed E-state index contributed by atoms with van der Waals surface area (Å²) in [5.41, 5.74) is 0.762. The Morgan fingerprint density at radius 1 is 1.33 bits per heavy atom. The zero-order chi connectivity index (χ0) is 11.1. The molecule has 1 amide bonds. The van der Waals surface area contributed by atoms with E-state index in [1.54, 1.807) is 19.2 Å². The number of carbonyl (C=O) groups excluding carboxylic acids is 1. The molecule has 0 unspecified atom stereocenters. The average molecular weight is 205 g/mol. The van der Waals surface area contributed by atoms with Crippen molar-refractivity contribution < 1.29 is 9.53 Å². The van der Waals surface area contributed by atoms with Crippen LogP contribution in [0.15, 0.2) is 24.3 Å². The predicted octanol–water partition coefficient (Wildman–Crippen LogP) is 1.93. The monoisotopic (exact) mass is 205 g/mol. The smallest absolute Gasteiger partial charge is 0.254 e. The van der Waals surface area contributed by atoms with E-state index in [0.29, 0.717) is 0 Å². The van der Waals surface area contributed by atoms with Crippen LogP contribution < -0.4 is 4.74 Å². The van der Waals surface area contributed by atoms with Crippen molar-refractivity contribution in [2.24, 2.45) is 0 Å². The third-order valence-corrected chi connectivity index (χ3v) is 2.75. The van der Waals surface area contributed by atoms with Crippen LogP contribution in [0.5, 0.6) is 5.75 Å². The zero-order valence-electron chi connectivity index (χ0n) is 9.28. The number of amides is 1. The molecule has 0 saturated carbocycles. The summed E-state index contributed by atoms with van der Waals surface area (Å²) < 4.78 is 5.04. The molecule has 3 nitrogen and oxygen atoms in total. The molecule has 1 aromatic rings. The second kappa shape index (κ2) is 3.26. The first kappa shape index (κ1) is 10.0. The van der Waals surface area contributed by atoms with Gasteiger partial charge in [-0.3, -0.25) is 4.79 Å². The average Bonchev–Trinajstić information content (AvgIpc) is 2.87. The molecule has 1 fully saturated rings. The van der Waals surface area contributed by atoms with Gasteiger partial charge in [-0.1, -0.05) is 0 Å². The van der Waals surface area contributed by atoms with Crippen molar-refractivity contribution in [1.82, 2.24) is 4.90 Å². The Kier molecular flexibility index (Phi) is 2.18. The van der Waals surface area contributed by atoms with E-state index in [9.17, 15) is 4.79 Å². The summed E-state index contributed by atoms with van der Waals surface area (Å²) in [5.74, 6) is 0.874. The number of carbonyl (C=O) groups is 1. The van der Waals surface area contributed by atoms with Gasteiger partial charge < -0.3 is 9.64 Å². The SMILES string of the molecule is COc1ccc(C(=O)N2CC2(C)C)cc1. The molecule has 0 radical (unpaired) electrons. The fraction of sp³-hybridized carbons (Fsp3) is 0.417. The molecule has 1 saturated heterocycles. The van der Waals surface area contributed by atoms with Crippen molar-refractivity contribution in [3.05, 3.63) is 29.8 Å². The number of hydrogen-bond donors (Lipinski definition) is 0. The molecule has 0 aromatic heterocycles. The van der Waals surface area contributed by atoms with Gasteiger partial charge in [0.25, 0.3) is 5.91 Å². The molecule has 15 heavy (non-hydrogen) atoms. The van der Waals surface area contributed by atoms with Gasteiger partial charge in [0.1, 0.15) is 5.75 Å². The van der Waals surface area contributed by atoms with Gasteiger partial charge in [-0.2, -0.15) is 0 Å². The van der Waals surface area contributed by atoms with E-state index in [-0.39, 0.29) is 11.4 Å². The summed E-state index contributed by atoms with van der Waals surface area (Å²) in [6.45, 7) is 4.97. The Morgan fingerprint density at radius 3 is 2.27 bits per heavy atom. The van der Waals surface area contributed by atoms with Crippen molar-refractivity contribution in [1.29, 1.82) is 0 Å². The van der Waals surface area contributed by atoms with Crippen LogP contribution in [0, 0.1) is 0 Å². The highest BCUT2D eigenvalue weighted by Gasteiger charge is 2.46. The maximum Gasteiger partial charge on any atom is 0.254 e. The van der Waals surface area contributed by atoms with E-state index >= 15 is 0 Å². The highest BCUT2D eigenvalue weighted by Crippen LogP contribution is 2.32. The van der Waals surface area contributed by atoms with Gasteiger partial charge in [-0.15, -0.1) is 0 Å². The summed E-state index contributed by atoms with van der Waals surface area (Å²) in [6.07, 6.45) is 0. The number of nitrogens with zero attached hydrogens (tertiary/aromatic N) is 1. The Balaban J connectivity index is 2.13. The lowest BCUT2D eigenvalue weighted by atomic mass is 10.2. The Morgan fingerprint density at radius 2 is 1.87 bits per heavy atom. The fourth-order valence-corrected chi connectivity index (χ4v) is 1.59. The molecule has 1 aliphatic heterocycles. The minimum atomic E-state index is 0.0387. The van der Waals surface area contributed by atoms with Gasteiger partial charge in [0, 0.05) is 12.1 Å². The third kappa shape index (κ3) is 1.82. The molecule has 1 heterocycles. The first-order chi connectivity index (χ1) is 7.04. The molecular weight excluding hydrogens is 190 g/mol. The van der Waals surface area contributed by atoms with Crippen molar-refractivity contribution in [3.8, 4) is 5.75 Å². The molecule has 3 heteroatoms. The zero-order valence-corrected chi connectivity index (χ0v) is 9.28. The van der Waals surface area contributed by atoms with Crippen LogP contribution in [-0.2, 0) is 0 Å².